The number of Topliss-reactive ketones (excluding diaryl/α,β-unsaturated/α-hetero) is 1. The van der Waals surface area contributed by atoms with E-state index in [1.54, 1.807) is 31.2 Å². The molecule has 3 rings (SSSR count). The van der Waals surface area contributed by atoms with Gasteiger partial charge in [0.15, 0.2) is 5.78 Å². The molecule has 1 aliphatic rings. The number of carbonyl (C=O) groups is 2. The third-order valence-corrected chi connectivity index (χ3v) is 4.35. The van der Waals surface area contributed by atoms with Crippen LogP contribution in [0, 0.1) is 0 Å². The molecule has 0 amide bonds. The lowest BCUT2D eigenvalue weighted by molar-refractivity contribution is 0.0335. The summed E-state index contributed by atoms with van der Waals surface area (Å²) in [4.78, 5) is 39.0. The second kappa shape index (κ2) is 6.61. The molecule has 6 heteroatoms. The van der Waals surface area contributed by atoms with Gasteiger partial charge in [0, 0.05) is 22.7 Å². The molecule has 0 unspecified atom stereocenters. The van der Waals surface area contributed by atoms with Crippen LogP contribution in [-0.2, 0) is 11.2 Å². The van der Waals surface area contributed by atoms with Crippen molar-refractivity contribution in [3.05, 3.63) is 68.1 Å². The van der Waals surface area contributed by atoms with E-state index in [4.69, 9.17) is 16.3 Å². The van der Waals surface area contributed by atoms with Crippen LogP contribution < -0.4 is 5.56 Å². The number of halogens is 1. The Bertz CT molecular complexity index is 854. The van der Waals surface area contributed by atoms with Crippen LogP contribution in [0.3, 0.4) is 0 Å². The lowest BCUT2D eigenvalue weighted by Crippen LogP contribution is -2.26. The monoisotopic (exact) mass is 345 g/mol. The summed E-state index contributed by atoms with van der Waals surface area (Å²) in [6, 6.07) is 8.26. The molecule has 1 aliphatic carbocycles. The number of ether oxygens (including phenoxy) is 1. The van der Waals surface area contributed by atoms with Crippen molar-refractivity contribution >= 4 is 23.4 Å². The highest BCUT2D eigenvalue weighted by molar-refractivity contribution is 6.30. The molecule has 124 valence electrons. The SMILES string of the molecule is C[C@@H](OC(=O)c1cc2c([nH]c1=O)CCCC2=O)c1ccc(Cl)cc1. The third-order valence-electron chi connectivity index (χ3n) is 4.10. The Morgan fingerprint density at radius 1 is 1.21 bits per heavy atom. The Kier molecular flexibility index (Phi) is 4.53. The van der Waals surface area contributed by atoms with Gasteiger partial charge in [0.2, 0.25) is 0 Å². The van der Waals surface area contributed by atoms with Gasteiger partial charge in [-0.15, -0.1) is 0 Å². The molecule has 1 N–H and O–H groups in total. The van der Waals surface area contributed by atoms with E-state index >= 15 is 0 Å². The Hall–Kier alpha value is -2.40. The summed E-state index contributed by atoms with van der Waals surface area (Å²) >= 11 is 5.83. The molecule has 5 nitrogen and oxygen atoms in total. The highest BCUT2D eigenvalue weighted by Gasteiger charge is 2.23. The minimum atomic E-state index is -0.750. The van der Waals surface area contributed by atoms with Gasteiger partial charge >= 0.3 is 5.97 Å². The van der Waals surface area contributed by atoms with Crippen LogP contribution in [0.15, 0.2) is 35.1 Å². The molecular formula is C18H16ClNO4. The van der Waals surface area contributed by atoms with Gasteiger partial charge in [-0.1, -0.05) is 23.7 Å². The summed E-state index contributed by atoms with van der Waals surface area (Å²) in [5, 5.41) is 0.585. The third kappa shape index (κ3) is 3.26. The van der Waals surface area contributed by atoms with Crippen LogP contribution in [0.1, 0.15) is 57.8 Å². The van der Waals surface area contributed by atoms with Crippen LogP contribution >= 0.6 is 11.6 Å². The van der Waals surface area contributed by atoms with E-state index in [1.807, 2.05) is 0 Å². The molecule has 0 fully saturated rings. The molecule has 0 radical (unpaired) electrons. The summed E-state index contributed by atoms with van der Waals surface area (Å²) in [6.07, 6.45) is 1.22. The summed E-state index contributed by atoms with van der Waals surface area (Å²) < 4.78 is 5.36. The lowest BCUT2D eigenvalue weighted by Gasteiger charge is -2.16. The van der Waals surface area contributed by atoms with Gasteiger partial charge in [0.1, 0.15) is 11.7 Å². The normalized spacial score (nSPS) is 14.8. The van der Waals surface area contributed by atoms with Crippen LogP contribution in [0.5, 0.6) is 0 Å². The molecular weight excluding hydrogens is 330 g/mol. The Balaban J connectivity index is 1.85. The number of fused-ring (bicyclic) bond motifs is 1. The van der Waals surface area contributed by atoms with Gasteiger partial charge in [-0.2, -0.15) is 0 Å². The first-order chi connectivity index (χ1) is 11.5. The van der Waals surface area contributed by atoms with Crippen LogP contribution in [0.4, 0.5) is 0 Å². The number of carbonyl (C=O) groups excluding carboxylic acids is 2. The van der Waals surface area contributed by atoms with Crippen molar-refractivity contribution in [3.63, 3.8) is 0 Å². The highest BCUT2D eigenvalue weighted by atomic mass is 35.5. The lowest BCUT2D eigenvalue weighted by atomic mass is 9.94. The van der Waals surface area contributed by atoms with Crippen LogP contribution in [0.2, 0.25) is 5.02 Å². The number of hydrogen-bond acceptors (Lipinski definition) is 4. The zero-order valence-corrected chi connectivity index (χ0v) is 13.9. The van der Waals surface area contributed by atoms with E-state index in [0.717, 1.165) is 5.56 Å². The number of pyridine rings is 1. The summed E-state index contributed by atoms with van der Waals surface area (Å²) in [7, 11) is 0. The van der Waals surface area contributed by atoms with Crippen molar-refractivity contribution in [3.8, 4) is 0 Å². The molecule has 2 aromatic rings. The van der Waals surface area contributed by atoms with Crippen LogP contribution in [-0.4, -0.2) is 16.7 Å². The van der Waals surface area contributed by atoms with E-state index in [-0.39, 0.29) is 11.3 Å². The summed E-state index contributed by atoms with van der Waals surface area (Å²) in [6.45, 7) is 1.71. The first-order valence-electron chi connectivity index (χ1n) is 7.71. The summed E-state index contributed by atoms with van der Waals surface area (Å²) in [5.74, 6) is -0.813. The van der Waals surface area contributed by atoms with Gasteiger partial charge in [-0.05, 0) is 43.5 Å². The maximum atomic E-state index is 12.3. The molecule has 1 atom stereocenters. The number of aromatic nitrogens is 1. The van der Waals surface area contributed by atoms with E-state index in [2.05, 4.69) is 4.98 Å². The first kappa shape index (κ1) is 16.5. The Labute approximate surface area is 143 Å². The van der Waals surface area contributed by atoms with Crippen molar-refractivity contribution in [1.82, 2.24) is 4.98 Å². The summed E-state index contributed by atoms with van der Waals surface area (Å²) in [5.41, 5.74) is 1.09. The van der Waals surface area contributed by atoms with E-state index in [1.165, 1.54) is 6.07 Å². The zero-order chi connectivity index (χ0) is 17.3. The average molecular weight is 346 g/mol. The topological polar surface area (TPSA) is 76.2 Å². The van der Waals surface area contributed by atoms with Crippen LogP contribution in [0.25, 0.3) is 0 Å². The molecule has 1 aromatic heterocycles. The van der Waals surface area contributed by atoms with Gasteiger partial charge in [-0.3, -0.25) is 9.59 Å². The van der Waals surface area contributed by atoms with E-state index < -0.39 is 17.6 Å². The molecule has 1 heterocycles. The molecule has 0 saturated heterocycles. The highest BCUT2D eigenvalue weighted by Crippen LogP contribution is 2.22. The quantitative estimate of drug-likeness (QED) is 0.864. The fourth-order valence-electron chi connectivity index (χ4n) is 2.75. The largest absolute Gasteiger partial charge is 0.454 e. The molecule has 24 heavy (non-hydrogen) atoms. The molecule has 1 aromatic carbocycles. The predicted octanol–water partition coefficient (Wildman–Crippen LogP) is 3.47. The van der Waals surface area contributed by atoms with Gasteiger partial charge in [0.25, 0.3) is 5.56 Å². The number of benzene rings is 1. The van der Waals surface area contributed by atoms with Gasteiger partial charge < -0.3 is 9.72 Å². The molecule has 0 aliphatic heterocycles. The second-order valence-electron chi connectivity index (χ2n) is 5.78. The zero-order valence-electron chi connectivity index (χ0n) is 13.1. The van der Waals surface area contributed by atoms with Crippen molar-refractivity contribution in [2.75, 3.05) is 0 Å². The fourth-order valence-corrected chi connectivity index (χ4v) is 2.88. The number of aryl methyl sites for hydroxylation is 1. The predicted molar refractivity (Wildman–Crippen MR) is 89.6 cm³/mol. The van der Waals surface area contributed by atoms with Crippen molar-refractivity contribution in [1.29, 1.82) is 0 Å². The maximum absolute atomic E-state index is 12.3. The van der Waals surface area contributed by atoms with E-state index in [9.17, 15) is 14.4 Å². The number of ketones is 1. The number of esters is 1. The van der Waals surface area contributed by atoms with E-state index in [0.29, 0.717) is 35.5 Å². The van der Waals surface area contributed by atoms with Crippen molar-refractivity contribution in [2.24, 2.45) is 0 Å². The van der Waals surface area contributed by atoms with Crippen molar-refractivity contribution in [2.45, 2.75) is 32.3 Å². The minimum absolute atomic E-state index is 0.0627. The van der Waals surface area contributed by atoms with Gasteiger partial charge in [-0.25, -0.2) is 4.79 Å². The standard InChI is InChI=1S/C18H16ClNO4/c1-10(11-5-7-12(19)8-6-11)24-18(23)14-9-13-15(20-17(14)22)3-2-4-16(13)21/h5-10H,2-4H2,1H3,(H,20,22)/t10-/m1/s1. The first-order valence-corrected chi connectivity index (χ1v) is 8.09. The molecule has 0 spiro atoms. The molecule has 0 bridgehead atoms. The Morgan fingerprint density at radius 3 is 2.62 bits per heavy atom. The fraction of sp³-hybridized carbons (Fsp3) is 0.278. The number of aromatic amines is 1. The number of nitrogens with one attached hydrogen (secondary N) is 1. The number of H-pyrrole nitrogens is 1. The molecule has 0 saturated carbocycles. The second-order valence-corrected chi connectivity index (χ2v) is 6.22. The Morgan fingerprint density at radius 2 is 1.92 bits per heavy atom. The average Bonchev–Trinajstić information content (AvgIpc) is 2.55. The minimum Gasteiger partial charge on any atom is -0.454 e. The van der Waals surface area contributed by atoms with Gasteiger partial charge in [0.05, 0.1) is 0 Å². The smallest absolute Gasteiger partial charge is 0.344 e. The maximum Gasteiger partial charge on any atom is 0.344 e. The number of rotatable bonds is 3. The van der Waals surface area contributed by atoms with Crippen molar-refractivity contribution < 1.29 is 14.3 Å². The number of hydrogen-bond donors (Lipinski definition) is 1.